The molecule has 2 N–H and O–H groups in total. The van der Waals surface area contributed by atoms with Crippen LogP contribution in [0, 0.1) is 12.8 Å². The zero-order valence-electron chi connectivity index (χ0n) is 11.2. The van der Waals surface area contributed by atoms with Gasteiger partial charge in [0, 0.05) is 5.69 Å². The van der Waals surface area contributed by atoms with Crippen LogP contribution in [-0.2, 0) is 0 Å². The first kappa shape index (κ1) is 11.6. The fourth-order valence-corrected chi connectivity index (χ4v) is 3.47. The summed E-state index contributed by atoms with van der Waals surface area (Å²) in [4.78, 5) is 6.80. The number of rotatable bonds is 1. The number of hydrogen-bond donors (Lipinski definition) is 1. The number of aliphatic imine (C=N–C) groups is 1. The molecule has 1 spiro atoms. The van der Waals surface area contributed by atoms with E-state index in [0.29, 0.717) is 11.9 Å². The number of hydrogen-bond acceptors (Lipinski definition) is 3. The zero-order valence-corrected chi connectivity index (χ0v) is 11.2. The van der Waals surface area contributed by atoms with E-state index < -0.39 is 0 Å². The highest BCUT2D eigenvalue weighted by molar-refractivity contribution is 5.98. The molecular weight excluding hydrogens is 222 g/mol. The van der Waals surface area contributed by atoms with E-state index in [1.807, 2.05) is 0 Å². The van der Waals surface area contributed by atoms with Crippen LogP contribution in [0.15, 0.2) is 29.3 Å². The molecule has 0 aromatic heterocycles. The van der Waals surface area contributed by atoms with Gasteiger partial charge in [-0.25, -0.2) is 0 Å². The molecule has 0 saturated heterocycles. The van der Waals surface area contributed by atoms with Crippen molar-refractivity contribution in [2.24, 2.45) is 16.6 Å². The molecule has 0 radical (unpaired) electrons. The quantitative estimate of drug-likeness (QED) is 0.824. The highest BCUT2D eigenvalue weighted by atomic mass is 15.4. The Morgan fingerprint density at radius 2 is 2.06 bits per heavy atom. The monoisotopic (exact) mass is 243 g/mol. The molecule has 1 saturated carbocycles. The Labute approximate surface area is 109 Å². The lowest BCUT2D eigenvalue weighted by Gasteiger charge is -2.39. The van der Waals surface area contributed by atoms with Gasteiger partial charge in [-0.2, -0.15) is 0 Å². The Morgan fingerprint density at radius 1 is 1.33 bits per heavy atom. The molecule has 0 amide bonds. The van der Waals surface area contributed by atoms with Gasteiger partial charge >= 0.3 is 0 Å². The van der Waals surface area contributed by atoms with Crippen LogP contribution in [0.5, 0.6) is 0 Å². The second kappa shape index (κ2) is 4.01. The first-order valence-electron chi connectivity index (χ1n) is 6.80. The average molecular weight is 243 g/mol. The average Bonchev–Trinajstić information content (AvgIpc) is 2.88. The van der Waals surface area contributed by atoms with E-state index in [1.165, 1.54) is 30.5 Å². The third kappa shape index (κ3) is 1.53. The van der Waals surface area contributed by atoms with Crippen LogP contribution >= 0.6 is 0 Å². The fourth-order valence-electron chi connectivity index (χ4n) is 3.47. The van der Waals surface area contributed by atoms with E-state index in [0.717, 1.165) is 6.54 Å². The zero-order chi connectivity index (χ0) is 12.8. The number of aryl methyl sites for hydroxylation is 1. The molecule has 0 bridgehead atoms. The Hall–Kier alpha value is -1.51. The Balaban J connectivity index is 2.02. The minimum atomic E-state index is 0.138. The summed E-state index contributed by atoms with van der Waals surface area (Å²) in [5.41, 5.74) is 8.75. The lowest BCUT2D eigenvalue weighted by atomic mass is 9.87. The van der Waals surface area contributed by atoms with Gasteiger partial charge < -0.3 is 10.6 Å². The van der Waals surface area contributed by atoms with Gasteiger partial charge in [-0.15, -0.1) is 0 Å². The van der Waals surface area contributed by atoms with E-state index in [-0.39, 0.29) is 5.54 Å². The predicted molar refractivity (Wildman–Crippen MR) is 75.9 cm³/mol. The van der Waals surface area contributed by atoms with Gasteiger partial charge in [-0.3, -0.25) is 4.99 Å². The Kier molecular flexibility index (Phi) is 2.58. The van der Waals surface area contributed by atoms with Crippen molar-refractivity contribution in [3.63, 3.8) is 0 Å². The molecule has 2 atom stereocenters. The molecule has 96 valence electrons. The van der Waals surface area contributed by atoms with Crippen LogP contribution in [-0.4, -0.2) is 18.0 Å². The van der Waals surface area contributed by atoms with Gasteiger partial charge in [0.2, 0.25) is 0 Å². The predicted octanol–water partition coefficient (Wildman–Crippen LogP) is 2.69. The van der Waals surface area contributed by atoms with Crippen LogP contribution in [0.25, 0.3) is 0 Å². The largest absolute Gasteiger partial charge is 0.369 e. The maximum atomic E-state index is 6.14. The molecule has 2 aliphatic rings. The minimum absolute atomic E-state index is 0.138. The molecule has 1 aliphatic heterocycles. The van der Waals surface area contributed by atoms with Crippen molar-refractivity contribution in [3.05, 3.63) is 29.8 Å². The summed E-state index contributed by atoms with van der Waals surface area (Å²) < 4.78 is 0. The van der Waals surface area contributed by atoms with Gasteiger partial charge in [0.05, 0.1) is 12.1 Å². The third-order valence-corrected chi connectivity index (χ3v) is 4.65. The number of nitrogens with zero attached hydrogens (tertiary/aromatic N) is 2. The van der Waals surface area contributed by atoms with E-state index >= 15 is 0 Å². The minimum Gasteiger partial charge on any atom is -0.369 e. The lowest BCUT2D eigenvalue weighted by Crippen LogP contribution is -2.53. The van der Waals surface area contributed by atoms with Gasteiger partial charge in [0.15, 0.2) is 5.96 Å². The third-order valence-electron chi connectivity index (χ3n) is 4.65. The lowest BCUT2D eigenvalue weighted by molar-refractivity contribution is 0.365. The number of benzene rings is 1. The maximum Gasteiger partial charge on any atom is 0.196 e. The van der Waals surface area contributed by atoms with E-state index in [4.69, 9.17) is 5.73 Å². The standard InChI is InChI=1S/C15H21N3/c1-11-5-7-13(8-6-11)18-14(16)17-10-15(18)9-3-4-12(15)2/h5-8,12H,3-4,9-10H2,1-2H3,(H2,16,17). The van der Waals surface area contributed by atoms with Crippen molar-refractivity contribution < 1.29 is 0 Å². The number of guanidine groups is 1. The van der Waals surface area contributed by atoms with Crippen LogP contribution < -0.4 is 10.6 Å². The summed E-state index contributed by atoms with van der Waals surface area (Å²) in [5.74, 6) is 1.34. The van der Waals surface area contributed by atoms with Gasteiger partial charge in [-0.1, -0.05) is 31.0 Å². The van der Waals surface area contributed by atoms with Crippen LogP contribution in [0.2, 0.25) is 0 Å². The Morgan fingerprint density at radius 3 is 2.67 bits per heavy atom. The SMILES string of the molecule is Cc1ccc(N2C(N)=NCC23CCCC3C)cc1. The summed E-state index contributed by atoms with van der Waals surface area (Å²) in [5, 5.41) is 0. The summed E-state index contributed by atoms with van der Waals surface area (Å²) >= 11 is 0. The molecule has 1 aromatic rings. The van der Waals surface area contributed by atoms with Crippen molar-refractivity contribution in [1.29, 1.82) is 0 Å². The van der Waals surface area contributed by atoms with Crippen LogP contribution in [0.3, 0.4) is 0 Å². The topological polar surface area (TPSA) is 41.6 Å². The number of anilines is 1. The van der Waals surface area contributed by atoms with Gasteiger partial charge in [-0.05, 0) is 37.8 Å². The summed E-state index contributed by atoms with van der Waals surface area (Å²) in [7, 11) is 0. The molecule has 1 fully saturated rings. The highest BCUT2D eigenvalue weighted by Gasteiger charge is 2.49. The molecule has 1 aliphatic carbocycles. The van der Waals surface area contributed by atoms with E-state index in [2.05, 4.69) is 48.0 Å². The molecule has 2 unspecified atom stereocenters. The highest BCUT2D eigenvalue weighted by Crippen LogP contribution is 2.44. The molecule has 3 nitrogen and oxygen atoms in total. The number of nitrogens with two attached hydrogens (primary N) is 1. The summed E-state index contributed by atoms with van der Waals surface area (Å²) in [6, 6.07) is 8.62. The molecule has 3 rings (SSSR count). The maximum absolute atomic E-state index is 6.14. The fraction of sp³-hybridized carbons (Fsp3) is 0.533. The molecule has 1 aromatic carbocycles. The molecule has 1 heterocycles. The van der Waals surface area contributed by atoms with Crippen LogP contribution in [0.1, 0.15) is 31.7 Å². The molecule has 18 heavy (non-hydrogen) atoms. The molecular formula is C15H21N3. The summed E-state index contributed by atoms with van der Waals surface area (Å²) in [6.45, 7) is 5.30. The van der Waals surface area contributed by atoms with E-state index in [9.17, 15) is 0 Å². The Bertz CT molecular complexity index is 477. The van der Waals surface area contributed by atoms with E-state index in [1.54, 1.807) is 0 Å². The second-order valence-electron chi connectivity index (χ2n) is 5.74. The second-order valence-corrected chi connectivity index (χ2v) is 5.74. The van der Waals surface area contributed by atoms with Crippen molar-refractivity contribution in [2.75, 3.05) is 11.4 Å². The van der Waals surface area contributed by atoms with Crippen molar-refractivity contribution >= 4 is 11.6 Å². The first-order valence-corrected chi connectivity index (χ1v) is 6.80. The summed E-state index contributed by atoms with van der Waals surface area (Å²) in [6.07, 6.45) is 3.77. The van der Waals surface area contributed by atoms with Crippen molar-refractivity contribution in [1.82, 2.24) is 0 Å². The first-order chi connectivity index (χ1) is 8.63. The van der Waals surface area contributed by atoms with Gasteiger partial charge in [0.25, 0.3) is 0 Å². The van der Waals surface area contributed by atoms with Crippen LogP contribution in [0.4, 0.5) is 5.69 Å². The normalized spacial score (nSPS) is 31.1. The smallest absolute Gasteiger partial charge is 0.196 e. The van der Waals surface area contributed by atoms with Gasteiger partial charge in [0.1, 0.15) is 0 Å². The van der Waals surface area contributed by atoms with Crippen molar-refractivity contribution in [2.45, 2.75) is 38.6 Å². The molecule has 3 heteroatoms. The van der Waals surface area contributed by atoms with Crippen molar-refractivity contribution in [3.8, 4) is 0 Å².